The van der Waals surface area contributed by atoms with Crippen LogP contribution in [-0.2, 0) is 25.9 Å². The van der Waals surface area contributed by atoms with Gasteiger partial charge in [-0.15, -0.1) is 20.4 Å². The average Bonchev–Trinajstić information content (AvgIpc) is 1.11. The van der Waals surface area contributed by atoms with Crippen LogP contribution in [0.2, 0.25) is 0 Å². The molecule has 0 amide bonds. The summed E-state index contributed by atoms with van der Waals surface area (Å²) in [5.74, 6) is 2.49. The van der Waals surface area contributed by atoms with Crippen molar-refractivity contribution in [2.45, 2.75) is 92.5 Å². The van der Waals surface area contributed by atoms with Gasteiger partial charge in [-0.1, -0.05) is 98.8 Å². The summed E-state index contributed by atoms with van der Waals surface area (Å²) < 4.78 is 26.3. The molecule has 460 valence electrons. The molecule has 6 heterocycles. The number of nitrogens with zero attached hydrogens (tertiary/aromatic N) is 10. The molecule has 20 nitrogen and oxygen atoms in total. The van der Waals surface area contributed by atoms with Crippen LogP contribution in [0.15, 0.2) is 205 Å². The Morgan fingerprint density at radius 2 is 0.889 bits per heavy atom. The zero-order valence-corrected chi connectivity index (χ0v) is 51.3. The summed E-state index contributed by atoms with van der Waals surface area (Å²) in [6.07, 6.45) is 21.6. The summed E-state index contributed by atoms with van der Waals surface area (Å²) >= 11 is 0. The van der Waals surface area contributed by atoms with Crippen molar-refractivity contribution >= 4 is 58.3 Å². The Bertz CT molecular complexity index is 4050. The first-order valence-corrected chi connectivity index (χ1v) is 30.0. The van der Waals surface area contributed by atoms with E-state index < -0.39 is 14.2 Å². The van der Waals surface area contributed by atoms with Gasteiger partial charge in [-0.05, 0) is 146 Å². The molecule has 0 saturated carbocycles. The number of fused-ring (bicyclic) bond motifs is 2. The Kier molecular flexibility index (Phi) is 23.1. The highest BCUT2D eigenvalue weighted by Gasteiger charge is 2.18. The number of hydrogen-bond acceptors (Lipinski definition) is 18. The maximum absolute atomic E-state index is 8.81. The van der Waals surface area contributed by atoms with Crippen molar-refractivity contribution in [1.82, 2.24) is 49.5 Å². The molecule has 0 atom stereocenters. The van der Waals surface area contributed by atoms with Crippen LogP contribution in [0, 0.1) is 0 Å². The second-order valence-corrected chi connectivity index (χ2v) is 21.5. The van der Waals surface area contributed by atoms with Gasteiger partial charge in [-0.2, -0.15) is 0 Å². The summed E-state index contributed by atoms with van der Waals surface area (Å²) in [7, 11) is -2.76. The van der Waals surface area contributed by atoms with Gasteiger partial charge < -0.3 is 58.2 Å². The average molecular weight is 1210 g/mol. The number of hydrogen-bond donors (Lipinski definition) is 6. The van der Waals surface area contributed by atoms with E-state index in [1.54, 1.807) is 61.2 Å². The predicted molar refractivity (Wildman–Crippen MR) is 354 cm³/mol. The first-order valence-electron chi connectivity index (χ1n) is 30.0. The second kappa shape index (κ2) is 32.3. The third-order valence-electron chi connectivity index (χ3n) is 14.3. The van der Waals surface area contributed by atoms with E-state index in [1.807, 2.05) is 83.1 Å². The van der Waals surface area contributed by atoms with Crippen LogP contribution in [0.4, 0.5) is 11.4 Å². The van der Waals surface area contributed by atoms with E-state index in [9.17, 15) is 0 Å². The number of aromatic nitrogens is 10. The highest BCUT2D eigenvalue weighted by Crippen LogP contribution is 2.37. The fraction of sp³-hybridized carbons (Fsp3) is 0.235. The molecule has 90 heavy (non-hydrogen) atoms. The van der Waals surface area contributed by atoms with Gasteiger partial charge >= 0.3 is 14.2 Å². The van der Waals surface area contributed by atoms with Crippen LogP contribution >= 0.6 is 0 Å². The lowest BCUT2D eigenvalue weighted by Crippen LogP contribution is -2.29. The third kappa shape index (κ3) is 18.1. The SMILES string of the molecule is CC(C)Oc1ccc(-c2ccc3ncc(-c4nnco4)c(NCCCn4ccnc4)c3c2)cc1.CC(C)Oc1ccc(B(O)O)cc1.CCc1ccc(-c2ccc3ncc(-c4nnco4)c(NCCCn4ccnc4)c3c2)cc1.CCc1ccc(B(O)O)cc1. The fourth-order valence-corrected chi connectivity index (χ4v) is 9.67. The Labute approximate surface area is 524 Å². The smallest absolute Gasteiger partial charge is 0.488 e. The van der Waals surface area contributed by atoms with Crippen molar-refractivity contribution in [2.24, 2.45) is 0 Å². The van der Waals surface area contributed by atoms with Gasteiger partial charge in [-0.3, -0.25) is 9.97 Å². The molecule has 0 aliphatic rings. The molecule has 22 heteroatoms. The molecular weight excluding hydrogens is 1130 g/mol. The molecule has 12 aromatic rings. The number of benzene rings is 6. The summed E-state index contributed by atoms with van der Waals surface area (Å²) in [5.41, 5.74) is 13.3. The molecule has 0 aliphatic heterocycles. The first-order chi connectivity index (χ1) is 43.8. The molecule has 0 radical (unpaired) electrons. The van der Waals surface area contributed by atoms with Gasteiger partial charge in [0.15, 0.2) is 0 Å². The van der Waals surface area contributed by atoms with Crippen LogP contribution in [0.25, 0.3) is 67.0 Å². The lowest BCUT2D eigenvalue weighted by Gasteiger charge is -2.14. The van der Waals surface area contributed by atoms with Crippen molar-refractivity contribution in [3.8, 4) is 56.7 Å². The van der Waals surface area contributed by atoms with E-state index in [4.69, 9.17) is 38.4 Å². The zero-order valence-electron chi connectivity index (χ0n) is 51.3. The Balaban J connectivity index is 0.000000158. The summed E-state index contributed by atoms with van der Waals surface area (Å²) in [6.45, 7) is 15.5. The number of pyridine rings is 2. The predicted octanol–water partition coefficient (Wildman–Crippen LogP) is 10.7. The van der Waals surface area contributed by atoms with E-state index in [-0.39, 0.29) is 12.2 Å². The monoisotopic (exact) mass is 1210 g/mol. The molecule has 6 N–H and O–H groups in total. The highest BCUT2D eigenvalue weighted by atomic mass is 16.5. The standard InChI is InChI=1S/C26H26N6O2.C25H24N6O.C9H13BO3.C8H11BO2/c1-18(2)34-21-7-4-19(5-8-21)20-6-9-24-22(14-20)25(23(15-29-24)26-31-30-17-33-26)28-10-3-12-32-13-11-27-16-32;1-2-18-4-6-19(7-5-18)20-8-9-23-21(14-20)24(22(15-28-23)25-30-29-17-32-25)27-10-3-12-31-13-11-26-16-31;1-7(2)13-9-5-3-8(4-6-9)10(11)12;1-2-7-3-5-8(6-4-7)9(10)11/h4-9,11,13-18H,3,10,12H2,1-2H3,(H,28,29);4-9,11,13-17H,2-3,10,12H2,1H3,(H,27,28);3-7,11-12H,1-2H3;3-6,10-11H,2H2,1H3. The van der Waals surface area contributed by atoms with E-state index in [2.05, 4.69) is 141 Å². The maximum Gasteiger partial charge on any atom is 0.488 e. The quantitative estimate of drug-likeness (QED) is 0.0272. The van der Waals surface area contributed by atoms with Gasteiger partial charge in [-0.25, -0.2) is 9.97 Å². The van der Waals surface area contributed by atoms with Crippen molar-refractivity contribution in [2.75, 3.05) is 23.7 Å². The lowest BCUT2D eigenvalue weighted by molar-refractivity contribution is 0.242. The number of anilines is 2. The number of aryl methyl sites for hydroxylation is 4. The Morgan fingerprint density at radius 1 is 0.500 bits per heavy atom. The van der Waals surface area contributed by atoms with E-state index in [1.165, 1.54) is 29.5 Å². The minimum absolute atomic E-state index is 0.130. The van der Waals surface area contributed by atoms with Gasteiger partial charge in [0.25, 0.3) is 11.8 Å². The summed E-state index contributed by atoms with van der Waals surface area (Å²) in [4.78, 5) is 17.5. The lowest BCUT2D eigenvalue weighted by atomic mass is 9.80. The molecule has 0 bridgehead atoms. The van der Waals surface area contributed by atoms with E-state index in [0.717, 1.165) is 124 Å². The molecular formula is C68H74B2N12O8. The van der Waals surface area contributed by atoms with E-state index >= 15 is 0 Å². The minimum Gasteiger partial charge on any atom is -0.491 e. The fourth-order valence-electron chi connectivity index (χ4n) is 9.67. The first kappa shape index (κ1) is 64.5. The van der Waals surface area contributed by atoms with Crippen molar-refractivity contribution in [3.63, 3.8) is 0 Å². The van der Waals surface area contributed by atoms with Crippen molar-refractivity contribution < 1.29 is 38.4 Å². The van der Waals surface area contributed by atoms with Crippen LogP contribution in [0.3, 0.4) is 0 Å². The topological polar surface area (TPSA) is 263 Å². The molecule has 12 rings (SSSR count). The number of ether oxygens (including phenoxy) is 2. The molecule has 0 unspecified atom stereocenters. The summed E-state index contributed by atoms with van der Waals surface area (Å²) in [6, 6.07) is 43.4. The molecule has 0 spiro atoms. The second-order valence-electron chi connectivity index (χ2n) is 21.5. The number of imidazole rings is 2. The Hall–Kier alpha value is -9.99. The minimum atomic E-state index is -1.41. The van der Waals surface area contributed by atoms with Gasteiger partial charge in [0.05, 0.1) is 58.4 Å². The highest BCUT2D eigenvalue weighted by molar-refractivity contribution is 6.58. The molecule has 6 aromatic heterocycles. The van der Waals surface area contributed by atoms with Crippen molar-refractivity contribution in [1.29, 1.82) is 0 Å². The number of nitrogens with one attached hydrogen (secondary N) is 2. The van der Waals surface area contributed by atoms with E-state index in [0.29, 0.717) is 22.7 Å². The Morgan fingerprint density at radius 3 is 1.26 bits per heavy atom. The largest absolute Gasteiger partial charge is 0.491 e. The molecule has 0 saturated heterocycles. The molecule has 6 aromatic carbocycles. The normalized spacial score (nSPS) is 10.9. The van der Waals surface area contributed by atoms with Crippen LogP contribution < -0.4 is 31.0 Å². The molecule has 0 aliphatic carbocycles. The van der Waals surface area contributed by atoms with Crippen LogP contribution in [0.5, 0.6) is 11.5 Å². The third-order valence-corrected chi connectivity index (χ3v) is 14.3. The van der Waals surface area contributed by atoms with Gasteiger partial charge in [0.1, 0.15) is 11.5 Å². The molecule has 0 fully saturated rings. The van der Waals surface area contributed by atoms with Gasteiger partial charge in [0.2, 0.25) is 12.8 Å². The number of rotatable bonds is 22. The van der Waals surface area contributed by atoms with Crippen molar-refractivity contribution in [3.05, 3.63) is 207 Å². The zero-order chi connectivity index (χ0) is 63.2. The van der Waals surface area contributed by atoms with Crippen LogP contribution in [-0.4, -0.2) is 109 Å². The maximum atomic E-state index is 8.81. The van der Waals surface area contributed by atoms with Gasteiger partial charge in [0, 0.05) is 74.1 Å². The van der Waals surface area contributed by atoms with Crippen LogP contribution in [0.1, 0.15) is 65.5 Å². The summed E-state index contributed by atoms with van der Waals surface area (Å²) in [5, 5.41) is 60.3.